The van der Waals surface area contributed by atoms with Crippen molar-refractivity contribution in [1.29, 1.82) is 0 Å². The van der Waals surface area contributed by atoms with Crippen LogP contribution in [0.2, 0.25) is 0 Å². The van der Waals surface area contributed by atoms with Crippen molar-refractivity contribution >= 4 is 19.4 Å². The van der Waals surface area contributed by atoms with Crippen LogP contribution in [0.5, 0.6) is 0 Å². The summed E-state index contributed by atoms with van der Waals surface area (Å²) in [5.74, 6) is 0. The van der Waals surface area contributed by atoms with E-state index in [0.717, 1.165) is 0 Å². The van der Waals surface area contributed by atoms with Crippen LogP contribution in [-0.2, 0) is 17.1 Å². The summed E-state index contributed by atoms with van der Waals surface area (Å²) in [6.07, 6.45) is 0. The maximum Gasteiger partial charge on any atom is 0 e. The van der Waals surface area contributed by atoms with Gasteiger partial charge in [0.1, 0.15) is 0 Å². The van der Waals surface area contributed by atoms with Crippen molar-refractivity contribution in [3.8, 4) is 0 Å². The average Bonchev–Trinajstić information content (AvgIpc) is 0. The maximum absolute atomic E-state index is 0. The SMILES string of the molecule is [B].[C].[Fe].[Si]. The second-order valence-corrected chi connectivity index (χ2v) is 0. The Bertz CT molecular complexity index is 8.00. The molecule has 0 saturated heterocycles. The Morgan fingerprint density at radius 2 is 1.00 bits per heavy atom. The fourth-order valence-electron chi connectivity index (χ4n) is 0. The Morgan fingerprint density at radius 3 is 1.00 bits per heavy atom. The van der Waals surface area contributed by atoms with Gasteiger partial charge in [0, 0.05) is 43.9 Å². The summed E-state index contributed by atoms with van der Waals surface area (Å²) in [5.41, 5.74) is 0. The van der Waals surface area contributed by atoms with Gasteiger partial charge in [0.25, 0.3) is 0 Å². The van der Waals surface area contributed by atoms with Gasteiger partial charge in [-0.2, -0.15) is 0 Å². The zero-order chi connectivity index (χ0) is 0. The molecule has 0 amide bonds. The molecule has 0 spiro atoms. The van der Waals surface area contributed by atoms with E-state index in [-0.39, 0.29) is 43.9 Å². The first-order chi connectivity index (χ1) is 0. The molecule has 0 aromatic rings. The minimum Gasteiger partial charge on any atom is 0 e. The van der Waals surface area contributed by atoms with Gasteiger partial charge in [0.15, 0.2) is 0 Å². The van der Waals surface area contributed by atoms with E-state index in [9.17, 15) is 0 Å². The van der Waals surface area contributed by atoms with Gasteiger partial charge in [-0.1, -0.05) is 0 Å². The number of hydrogen-bond donors (Lipinski definition) is 0. The third-order valence-corrected chi connectivity index (χ3v) is 0. The molecule has 19 valence electrons. The molecule has 0 fully saturated rings. The molecule has 0 aliphatic carbocycles. The minimum absolute atomic E-state index is 0. The number of hydrogen-bond acceptors (Lipinski definition) is 0. The summed E-state index contributed by atoms with van der Waals surface area (Å²) in [7, 11) is 0. The summed E-state index contributed by atoms with van der Waals surface area (Å²) in [4.78, 5) is 0. The molecule has 0 nitrogen and oxygen atoms in total. The molecule has 0 bridgehead atoms. The molecule has 0 unspecified atom stereocenters. The van der Waals surface area contributed by atoms with Crippen LogP contribution in [0.15, 0.2) is 0 Å². The Kier molecular flexibility index (Phi) is 1250. The Labute approximate surface area is 44.4 Å². The van der Waals surface area contributed by atoms with Crippen molar-refractivity contribution < 1.29 is 17.1 Å². The van der Waals surface area contributed by atoms with Crippen LogP contribution in [0.1, 0.15) is 0 Å². The summed E-state index contributed by atoms with van der Waals surface area (Å²) in [6, 6.07) is 0. The standard InChI is InChI=1S/C.B.Fe.Si. The van der Waals surface area contributed by atoms with E-state index < -0.39 is 0 Å². The van der Waals surface area contributed by atoms with Crippen LogP contribution >= 0.6 is 0 Å². The molecule has 0 rings (SSSR count). The van der Waals surface area contributed by atoms with E-state index in [2.05, 4.69) is 0 Å². The Hall–Kier alpha value is 0.801. The van der Waals surface area contributed by atoms with Gasteiger partial charge in [-0.05, 0) is 0 Å². The normalized spacial score (nSPS) is 0. The van der Waals surface area contributed by atoms with Gasteiger partial charge in [-0.15, -0.1) is 0 Å². The van der Waals surface area contributed by atoms with Crippen molar-refractivity contribution in [3.63, 3.8) is 0 Å². The predicted octanol–water partition coefficient (Wildman–Crippen LogP) is -0.683. The van der Waals surface area contributed by atoms with Gasteiger partial charge in [-0.25, -0.2) is 0 Å². The predicted molar refractivity (Wildman–Crippen MR) is 14.8 cm³/mol. The van der Waals surface area contributed by atoms with Crippen molar-refractivity contribution in [2.45, 2.75) is 0 Å². The van der Waals surface area contributed by atoms with Gasteiger partial charge >= 0.3 is 0 Å². The van der Waals surface area contributed by atoms with E-state index in [1.54, 1.807) is 0 Å². The monoisotopic (exact) mass is 107 g/mol. The molecule has 3 heteroatoms. The molecule has 11 radical (unpaired) electrons. The van der Waals surface area contributed by atoms with Crippen molar-refractivity contribution in [2.75, 3.05) is 0 Å². The molecule has 0 aliphatic heterocycles. The zero-order valence-corrected chi connectivity index (χ0v) is 4.04. The maximum atomic E-state index is 0. The third-order valence-electron chi connectivity index (χ3n) is 0. The first-order valence-corrected chi connectivity index (χ1v) is 0. The summed E-state index contributed by atoms with van der Waals surface area (Å²) in [5, 5.41) is 0. The van der Waals surface area contributed by atoms with Crippen LogP contribution in [0.3, 0.4) is 0 Å². The third kappa shape index (κ3) is 14.2. The smallest absolute Gasteiger partial charge is 0 e. The fraction of sp³-hybridized carbons (Fsp3) is 0. The van der Waals surface area contributed by atoms with E-state index in [0.29, 0.717) is 0 Å². The second kappa shape index (κ2) is 46.5. The van der Waals surface area contributed by atoms with Gasteiger partial charge in [0.05, 0.1) is 0 Å². The molecule has 0 aliphatic rings. The zero-order valence-electron chi connectivity index (χ0n) is 1.93. The first kappa shape index (κ1) is 108. The largest absolute Gasteiger partial charge is 0 e. The summed E-state index contributed by atoms with van der Waals surface area (Å²) < 4.78 is 0. The Balaban J connectivity index is 0. The topological polar surface area (TPSA) is 0 Å². The van der Waals surface area contributed by atoms with Crippen molar-refractivity contribution in [1.82, 2.24) is 0 Å². The van der Waals surface area contributed by atoms with Crippen LogP contribution in [0.25, 0.3) is 0 Å². The molecule has 0 aromatic carbocycles. The number of rotatable bonds is 0. The minimum atomic E-state index is 0. The van der Waals surface area contributed by atoms with Gasteiger partial charge in [-0.3, -0.25) is 0 Å². The molecule has 4 heavy (non-hydrogen) atoms. The molecule has 0 heterocycles. The molecule has 0 N–H and O–H groups in total. The van der Waals surface area contributed by atoms with Crippen LogP contribution in [0.4, 0.5) is 0 Å². The van der Waals surface area contributed by atoms with Crippen molar-refractivity contribution in [2.24, 2.45) is 0 Å². The van der Waals surface area contributed by atoms with E-state index >= 15 is 0 Å². The van der Waals surface area contributed by atoms with Gasteiger partial charge < -0.3 is 0 Å². The van der Waals surface area contributed by atoms with E-state index in [4.69, 9.17) is 0 Å². The molecular weight excluding hydrogens is 107 g/mol. The fourth-order valence-corrected chi connectivity index (χ4v) is 0. The van der Waals surface area contributed by atoms with E-state index in [1.807, 2.05) is 0 Å². The van der Waals surface area contributed by atoms with Gasteiger partial charge in [0.2, 0.25) is 0 Å². The van der Waals surface area contributed by atoms with Crippen LogP contribution < -0.4 is 0 Å². The first-order valence-electron chi connectivity index (χ1n) is 0. The van der Waals surface area contributed by atoms with Crippen LogP contribution in [-0.4, -0.2) is 19.4 Å². The average molecular weight is 107 g/mol. The molecule has 0 aromatic heterocycles. The Morgan fingerprint density at radius 1 is 1.00 bits per heavy atom. The second-order valence-electron chi connectivity index (χ2n) is 0. The summed E-state index contributed by atoms with van der Waals surface area (Å²) >= 11 is 0. The van der Waals surface area contributed by atoms with Crippen molar-refractivity contribution in [3.05, 3.63) is 7.43 Å². The quantitative estimate of drug-likeness (QED) is 0.359. The van der Waals surface area contributed by atoms with Crippen LogP contribution in [0, 0.1) is 7.43 Å². The molecule has 0 saturated carbocycles. The van der Waals surface area contributed by atoms with E-state index in [1.165, 1.54) is 0 Å². The summed E-state index contributed by atoms with van der Waals surface area (Å²) in [6.45, 7) is 0. The molecule has 0 atom stereocenters. The molecular formula is CBFeSi.